The van der Waals surface area contributed by atoms with Gasteiger partial charge in [-0.2, -0.15) is 15.5 Å². The Hall–Kier alpha value is -4.33. The molecule has 9 nitrogen and oxygen atoms in total. The van der Waals surface area contributed by atoms with Crippen LogP contribution in [-0.2, 0) is 13.5 Å². The maximum absolute atomic E-state index is 14.7. The van der Waals surface area contributed by atoms with Gasteiger partial charge in [0.15, 0.2) is 11.6 Å². The second-order valence-electron chi connectivity index (χ2n) is 10.4. The molecule has 0 unspecified atom stereocenters. The van der Waals surface area contributed by atoms with Gasteiger partial charge in [0.25, 0.3) is 0 Å². The Morgan fingerprint density at radius 3 is 2.74 bits per heavy atom. The van der Waals surface area contributed by atoms with Crippen LogP contribution < -0.4 is 4.74 Å². The molecule has 1 aliphatic carbocycles. The zero-order valence-electron chi connectivity index (χ0n) is 21.6. The van der Waals surface area contributed by atoms with Crippen molar-refractivity contribution in [2.75, 3.05) is 13.1 Å². The van der Waals surface area contributed by atoms with Crippen LogP contribution in [0.15, 0.2) is 35.6 Å². The first-order chi connectivity index (χ1) is 18.8. The fraction of sp³-hybridized carbons (Fsp3) is 0.393. The molecule has 0 spiro atoms. The van der Waals surface area contributed by atoms with Gasteiger partial charge < -0.3 is 9.64 Å². The Kier molecular flexibility index (Phi) is 6.25. The number of benzene rings is 1. The topological polar surface area (TPSA) is 99.6 Å². The minimum atomic E-state index is -0.579. The molecule has 1 atom stereocenters. The smallest absolute Gasteiger partial charge is 0.341 e. The lowest BCUT2D eigenvalue weighted by molar-refractivity contribution is 0.0257. The lowest BCUT2D eigenvalue weighted by Crippen LogP contribution is -2.58. The van der Waals surface area contributed by atoms with E-state index in [1.54, 1.807) is 27.9 Å². The Morgan fingerprint density at radius 1 is 1.21 bits per heavy atom. The monoisotopic (exact) mass is 531 g/mol. The SMILES string of the molecule is Cc1c(CC2CC2)nn(C)c1-c1cc(OC2CN(C(=O)N3N=CC[C@H]3c3cc(F)cc(C#N)c3)C2)c(F)cn1. The van der Waals surface area contributed by atoms with Crippen LogP contribution in [0.3, 0.4) is 0 Å². The lowest BCUT2D eigenvalue weighted by atomic mass is 10.0. The number of amides is 2. The molecule has 11 heteroatoms. The predicted octanol–water partition coefficient (Wildman–Crippen LogP) is 4.51. The highest BCUT2D eigenvalue weighted by molar-refractivity contribution is 5.79. The first-order valence-corrected chi connectivity index (χ1v) is 13.0. The van der Waals surface area contributed by atoms with E-state index >= 15 is 0 Å². The Bertz CT molecular complexity index is 1520. The van der Waals surface area contributed by atoms with Crippen LogP contribution in [0.25, 0.3) is 11.4 Å². The van der Waals surface area contributed by atoms with Gasteiger partial charge in [-0.1, -0.05) is 0 Å². The van der Waals surface area contributed by atoms with E-state index in [0.717, 1.165) is 35.6 Å². The number of likely N-dealkylation sites (tertiary alicyclic amines) is 1. The van der Waals surface area contributed by atoms with Crippen molar-refractivity contribution in [1.29, 1.82) is 5.26 Å². The van der Waals surface area contributed by atoms with Gasteiger partial charge in [-0.25, -0.2) is 18.6 Å². The maximum atomic E-state index is 14.7. The number of hydrogen-bond donors (Lipinski definition) is 0. The second-order valence-corrected chi connectivity index (χ2v) is 10.4. The van der Waals surface area contributed by atoms with E-state index in [9.17, 15) is 13.6 Å². The average molecular weight is 532 g/mol. The van der Waals surface area contributed by atoms with Gasteiger partial charge >= 0.3 is 6.03 Å². The summed E-state index contributed by atoms with van der Waals surface area (Å²) < 4.78 is 36.4. The average Bonchev–Trinajstić information content (AvgIpc) is 3.48. The van der Waals surface area contributed by atoms with Crippen molar-refractivity contribution in [3.63, 3.8) is 0 Å². The number of aromatic nitrogens is 3. The molecule has 3 aromatic rings. The number of nitrogens with zero attached hydrogens (tertiary/aromatic N) is 7. The molecule has 1 saturated carbocycles. The summed E-state index contributed by atoms with van der Waals surface area (Å²) >= 11 is 0. The molecule has 2 fully saturated rings. The number of pyridine rings is 1. The van der Waals surface area contributed by atoms with Gasteiger partial charge in [-0.05, 0) is 61.4 Å². The van der Waals surface area contributed by atoms with Gasteiger partial charge in [0, 0.05) is 25.7 Å². The third-order valence-electron chi connectivity index (χ3n) is 7.50. The van der Waals surface area contributed by atoms with Gasteiger partial charge in [0.2, 0.25) is 0 Å². The summed E-state index contributed by atoms with van der Waals surface area (Å²) in [6.07, 6.45) is 6.16. The van der Waals surface area contributed by atoms with Crippen molar-refractivity contribution in [1.82, 2.24) is 24.7 Å². The van der Waals surface area contributed by atoms with E-state index in [4.69, 9.17) is 10.00 Å². The normalized spacial score (nSPS) is 18.8. The van der Waals surface area contributed by atoms with E-state index in [2.05, 4.69) is 15.2 Å². The summed E-state index contributed by atoms with van der Waals surface area (Å²) in [4.78, 5) is 19.0. The number of carbonyl (C=O) groups is 1. The summed E-state index contributed by atoms with van der Waals surface area (Å²) in [6.45, 7) is 2.51. The van der Waals surface area contributed by atoms with Crippen LogP contribution in [0.4, 0.5) is 13.6 Å². The van der Waals surface area contributed by atoms with Gasteiger partial charge in [-0.3, -0.25) is 9.67 Å². The molecule has 0 bridgehead atoms. The van der Waals surface area contributed by atoms with Crippen LogP contribution in [0.2, 0.25) is 0 Å². The standard InChI is InChI=1S/C28H27F2N7O2/c1-16-23(9-17-3-4-17)34-35(2)27(16)24-11-26(22(30)13-32-24)39-21-14-36(15-21)28(38)37-25(5-6-33-37)19-7-18(12-31)8-20(29)10-19/h6-8,10-11,13,17,21,25H,3-5,9,14-15H2,1-2H3/t25-/m0/s1. The third-order valence-corrected chi connectivity index (χ3v) is 7.50. The molecule has 39 heavy (non-hydrogen) atoms. The molecule has 0 radical (unpaired) electrons. The first kappa shape index (κ1) is 25.0. The number of hydrazone groups is 1. The van der Waals surface area contributed by atoms with E-state index in [1.807, 2.05) is 20.0 Å². The molecule has 3 aliphatic rings. The molecule has 6 rings (SSSR count). The van der Waals surface area contributed by atoms with Crippen molar-refractivity contribution >= 4 is 12.2 Å². The van der Waals surface area contributed by atoms with Crippen molar-refractivity contribution < 1.29 is 18.3 Å². The van der Waals surface area contributed by atoms with Gasteiger partial charge in [-0.15, -0.1) is 0 Å². The van der Waals surface area contributed by atoms with Crippen LogP contribution in [0, 0.1) is 35.8 Å². The van der Waals surface area contributed by atoms with Crippen molar-refractivity contribution in [2.45, 2.75) is 44.8 Å². The molecule has 1 saturated heterocycles. The largest absolute Gasteiger partial charge is 0.483 e. The molecule has 200 valence electrons. The Balaban J connectivity index is 1.12. The number of halogens is 2. The molecule has 0 N–H and O–H groups in total. The first-order valence-electron chi connectivity index (χ1n) is 13.0. The zero-order chi connectivity index (χ0) is 27.3. The zero-order valence-corrected chi connectivity index (χ0v) is 21.6. The summed E-state index contributed by atoms with van der Waals surface area (Å²) in [5.74, 6) is -0.353. The maximum Gasteiger partial charge on any atom is 0.341 e. The van der Waals surface area contributed by atoms with Crippen LogP contribution in [0.5, 0.6) is 5.75 Å². The molecular weight excluding hydrogens is 504 g/mol. The number of aryl methyl sites for hydroxylation is 1. The minimum Gasteiger partial charge on any atom is -0.483 e. The fourth-order valence-corrected chi connectivity index (χ4v) is 5.21. The molecule has 2 amide bonds. The summed E-state index contributed by atoms with van der Waals surface area (Å²) in [7, 11) is 1.86. The van der Waals surface area contributed by atoms with E-state index < -0.39 is 23.8 Å². The van der Waals surface area contributed by atoms with Gasteiger partial charge in [0.1, 0.15) is 11.9 Å². The molecule has 2 aliphatic heterocycles. The van der Waals surface area contributed by atoms with Gasteiger partial charge in [0.05, 0.1) is 54.0 Å². The highest BCUT2D eigenvalue weighted by Crippen LogP contribution is 2.36. The van der Waals surface area contributed by atoms with E-state index in [1.165, 1.54) is 23.9 Å². The second kappa shape index (κ2) is 9.76. The highest BCUT2D eigenvalue weighted by Gasteiger charge is 2.39. The number of urea groups is 1. The summed E-state index contributed by atoms with van der Waals surface area (Å²) in [5.41, 5.74) is 4.17. The molecule has 4 heterocycles. The van der Waals surface area contributed by atoms with Crippen molar-refractivity contribution in [2.24, 2.45) is 18.1 Å². The third kappa shape index (κ3) is 4.82. The van der Waals surface area contributed by atoms with Crippen LogP contribution in [0.1, 0.15) is 47.7 Å². The molecule has 1 aromatic carbocycles. The quantitative estimate of drug-likeness (QED) is 0.466. The van der Waals surface area contributed by atoms with Crippen LogP contribution >= 0.6 is 0 Å². The van der Waals surface area contributed by atoms with Crippen LogP contribution in [-0.4, -0.2) is 56.1 Å². The number of carbonyl (C=O) groups excluding carboxylic acids is 1. The molecule has 2 aromatic heterocycles. The predicted molar refractivity (Wildman–Crippen MR) is 138 cm³/mol. The molecular formula is C28H27F2N7O2. The Labute approximate surface area is 224 Å². The number of rotatable bonds is 6. The summed E-state index contributed by atoms with van der Waals surface area (Å²) in [5, 5.41) is 19.3. The van der Waals surface area contributed by atoms with Crippen molar-refractivity contribution in [3.05, 3.63) is 64.5 Å². The summed E-state index contributed by atoms with van der Waals surface area (Å²) in [6, 6.07) is 6.67. The number of nitriles is 1. The van der Waals surface area contributed by atoms with E-state index in [0.29, 0.717) is 23.6 Å². The number of ether oxygens (including phenoxy) is 1. The van der Waals surface area contributed by atoms with E-state index in [-0.39, 0.29) is 30.4 Å². The Morgan fingerprint density at radius 2 is 2.00 bits per heavy atom. The fourth-order valence-electron chi connectivity index (χ4n) is 5.21. The lowest BCUT2D eigenvalue weighted by Gasteiger charge is -2.41. The number of hydrogen-bond acceptors (Lipinski definition) is 6. The van der Waals surface area contributed by atoms with Crippen molar-refractivity contribution in [3.8, 4) is 23.2 Å². The minimum absolute atomic E-state index is 0.0716. The highest BCUT2D eigenvalue weighted by atomic mass is 19.1.